The van der Waals surface area contributed by atoms with E-state index in [4.69, 9.17) is 0 Å². The second-order valence-electron chi connectivity index (χ2n) is 5.23. The summed E-state index contributed by atoms with van der Waals surface area (Å²) in [6.07, 6.45) is 3.27. The molecule has 19 heavy (non-hydrogen) atoms. The first-order valence-corrected chi connectivity index (χ1v) is 8.19. The summed E-state index contributed by atoms with van der Waals surface area (Å²) in [5.41, 5.74) is 0. The Labute approximate surface area is 120 Å². The molecule has 0 radical (unpaired) electrons. The van der Waals surface area contributed by atoms with Gasteiger partial charge in [0.2, 0.25) is 0 Å². The van der Waals surface area contributed by atoms with Crippen molar-refractivity contribution in [3.8, 4) is 0 Å². The van der Waals surface area contributed by atoms with E-state index < -0.39 is 0 Å². The van der Waals surface area contributed by atoms with Gasteiger partial charge < -0.3 is 5.32 Å². The van der Waals surface area contributed by atoms with Gasteiger partial charge in [0.1, 0.15) is 0 Å². The van der Waals surface area contributed by atoms with Crippen molar-refractivity contribution in [3.63, 3.8) is 0 Å². The van der Waals surface area contributed by atoms with Gasteiger partial charge in [0.05, 0.1) is 0 Å². The first kappa shape index (κ1) is 14.8. The Balaban J connectivity index is 1.78. The average molecular weight is 282 g/mol. The maximum atomic E-state index is 4.40. The molecule has 1 N–H and O–H groups in total. The summed E-state index contributed by atoms with van der Waals surface area (Å²) in [5.74, 6) is 0. The van der Waals surface area contributed by atoms with E-state index in [2.05, 4.69) is 40.9 Å². The van der Waals surface area contributed by atoms with Crippen LogP contribution in [0.25, 0.3) is 0 Å². The Kier molecular flexibility index (Phi) is 5.60. The number of anilines is 1. The summed E-state index contributed by atoms with van der Waals surface area (Å²) < 4.78 is 0. The number of aromatic nitrogens is 1. The van der Waals surface area contributed by atoms with Gasteiger partial charge in [-0.3, -0.25) is 9.80 Å². The predicted molar refractivity (Wildman–Crippen MR) is 82.9 cm³/mol. The van der Waals surface area contributed by atoms with Gasteiger partial charge in [-0.1, -0.05) is 6.92 Å². The van der Waals surface area contributed by atoms with Crippen molar-refractivity contribution in [1.82, 2.24) is 14.8 Å². The quantitative estimate of drug-likeness (QED) is 0.868. The Hall–Kier alpha value is -0.650. The number of thiazole rings is 1. The molecule has 0 spiro atoms. The van der Waals surface area contributed by atoms with Crippen LogP contribution in [0.2, 0.25) is 0 Å². The van der Waals surface area contributed by atoms with E-state index in [1.807, 2.05) is 6.20 Å². The van der Waals surface area contributed by atoms with Crippen LogP contribution in [0.15, 0.2) is 6.20 Å². The monoisotopic (exact) mass is 282 g/mol. The van der Waals surface area contributed by atoms with E-state index in [0.717, 1.165) is 24.3 Å². The minimum absolute atomic E-state index is 0.728. The van der Waals surface area contributed by atoms with Crippen molar-refractivity contribution < 1.29 is 0 Å². The van der Waals surface area contributed by atoms with Gasteiger partial charge in [-0.15, -0.1) is 11.3 Å². The number of nitrogens with one attached hydrogen (secondary N) is 1. The van der Waals surface area contributed by atoms with E-state index in [1.54, 1.807) is 11.3 Å². The molecule has 0 aliphatic carbocycles. The Morgan fingerprint density at radius 1 is 1.32 bits per heavy atom. The maximum Gasteiger partial charge on any atom is 0.182 e. The second kappa shape index (κ2) is 7.22. The molecule has 1 aliphatic rings. The summed E-state index contributed by atoms with van der Waals surface area (Å²) in [4.78, 5) is 10.9. The molecule has 1 aromatic rings. The first-order valence-electron chi connectivity index (χ1n) is 7.37. The normalized spacial score (nSPS) is 19.5. The van der Waals surface area contributed by atoms with Crippen molar-refractivity contribution in [1.29, 1.82) is 0 Å². The first-order chi connectivity index (χ1) is 9.22. The number of hydrogen-bond acceptors (Lipinski definition) is 5. The van der Waals surface area contributed by atoms with Crippen molar-refractivity contribution >= 4 is 16.5 Å². The molecular formula is C14H26N4S. The summed E-state index contributed by atoms with van der Waals surface area (Å²) >= 11 is 1.79. The van der Waals surface area contributed by atoms with Crippen molar-refractivity contribution in [2.24, 2.45) is 0 Å². The molecule has 0 saturated carbocycles. The maximum absolute atomic E-state index is 4.40. The minimum Gasteiger partial charge on any atom is -0.362 e. The Bertz CT molecular complexity index is 371. The standard InChI is InChI=1S/C14H26N4S/c1-4-12(3)18-8-6-17(7-9-18)11-13-10-16-14(19-13)15-5-2/h10,12H,4-9,11H2,1-3H3,(H,15,16). The molecule has 1 saturated heterocycles. The fourth-order valence-electron chi connectivity index (χ4n) is 2.45. The van der Waals surface area contributed by atoms with E-state index in [0.29, 0.717) is 0 Å². The molecule has 1 aliphatic heterocycles. The lowest BCUT2D eigenvalue weighted by molar-refractivity contribution is 0.0969. The number of piperazine rings is 1. The molecule has 0 aromatic carbocycles. The van der Waals surface area contributed by atoms with E-state index in [9.17, 15) is 0 Å². The highest BCUT2D eigenvalue weighted by molar-refractivity contribution is 7.15. The topological polar surface area (TPSA) is 31.4 Å². The van der Waals surface area contributed by atoms with E-state index in [-0.39, 0.29) is 0 Å². The number of hydrogen-bond donors (Lipinski definition) is 1. The van der Waals surface area contributed by atoms with Crippen molar-refractivity contribution in [2.75, 3.05) is 38.0 Å². The third-order valence-electron chi connectivity index (χ3n) is 3.88. The molecule has 1 fully saturated rings. The van der Waals surface area contributed by atoms with Gasteiger partial charge in [-0.2, -0.15) is 0 Å². The third kappa shape index (κ3) is 4.16. The summed E-state index contributed by atoms with van der Waals surface area (Å²) in [5, 5.41) is 4.33. The van der Waals surface area contributed by atoms with Gasteiger partial charge in [0.15, 0.2) is 5.13 Å². The lowest BCUT2D eigenvalue weighted by Gasteiger charge is -2.37. The van der Waals surface area contributed by atoms with Gasteiger partial charge in [-0.25, -0.2) is 4.98 Å². The molecule has 2 rings (SSSR count). The van der Waals surface area contributed by atoms with Crippen LogP contribution in [-0.2, 0) is 6.54 Å². The summed E-state index contributed by atoms with van der Waals surface area (Å²) in [7, 11) is 0. The lowest BCUT2D eigenvalue weighted by atomic mass is 10.2. The lowest BCUT2D eigenvalue weighted by Crippen LogP contribution is -2.48. The zero-order valence-corrected chi connectivity index (χ0v) is 13.2. The van der Waals surface area contributed by atoms with E-state index >= 15 is 0 Å². The smallest absolute Gasteiger partial charge is 0.182 e. The fourth-order valence-corrected chi connectivity index (χ4v) is 3.38. The van der Waals surface area contributed by atoms with Crippen LogP contribution < -0.4 is 5.32 Å². The highest BCUT2D eigenvalue weighted by Gasteiger charge is 2.20. The molecule has 108 valence electrons. The zero-order chi connectivity index (χ0) is 13.7. The summed E-state index contributed by atoms with van der Waals surface area (Å²) in [6, 6.07) is 0.728. The molecule has 0 amide bonds. The number of rotatable bonds is 6. The van der Waals surface area contributed by atoms with Crippen LogP contribution in [0.5, 0.6) is 0 Å². The van der Waals surface area contributed by atoms with Crippen LogP contribution in [0.1, 0.15) is 32.1 Å². The van der Waals surface area contributed by atoms with Crippen LogP contribution in [0.3, 0.4) is 0 Å². The van der Waals surface area contributed by atoms with Crippen molar-refractivity contribution in [2.45, 2.75) is 39.8 Å². The average Bonchev–Trinajstić information content (AvgIpc) is 2.86. The Morgan fingerprint density at radius 3 is 2.68 bits per heavy atom. The van der Waals surface area contributed by atoms with Crippen LogP contribution in [0, 0.1) is 0 Å². The van der Waals surface area contributed by atoms with Crippen LogP contribution >= 0.6 is 11.3 Å². The highest BCUT2D eigenvalue weighted by atomic mass is 32.1. The molecule has 2 heterocycles. The molecule has 5 heteroatoms. The fraction of sp³-hybridized carbons (Fsp3) is 0.786. The van der Waals surface area contributed by atoms with Gasteiger partial charge in [0, 0.05) is 56.4 Å². The van der Waals surface area contributed by atoms with Crippen LogP contribution in [0.4, 0.5) is 5.13 Å². The van der Waals surface area contributed by atoms with Gasteiger partial charge >= 0.3 is 0 Å². The predicted octanol–water partition coefficient (Wildman–Crippen LogP) is 2.49. The second-order valence-corrected chi connectivity index (χ2v) is 6.35. The molecule has 1 atom stereocenters. The van der Waals surface area contributed by atoms with Gasteiger partial charge in [0.25, 0.3) is 0 Å². The molecule has 1 aromatic heterocycles. The zero-order valence-electron chi connectivity index (χ0n) is 12.4. The third-order valence-corrected chi connectivity index (χ3v) is 4.82. The molecular weight excluding hydrogens is 256 g/mol. The van der Waals surface area contributed by atoms with Crippen molar-refractivity contribution in [3.05, 3.63) is 11.1 Å². The number of nitrogens with zero attached hydrogens (tertiary/aromatic N) is 3. The SMILES string of the molecule is CCNc1ncc(CN2CCN(C(C)CC)CC2)s1. The highest BCUT2D eigenvalue weighted by Crippen LogP contribution is 2.20. The minimum atomic E-state index is 0.728. The van der Waals surface area contributed by atoms with E-state index in [1.165, 1.54) is 37.5 Å². The molecule has 1 unspecified atom stereocenters. The summed E-state index contributed by atoms with van der Waals surface area (Å²) in [6.45, 7) is 13.5. The largest absolute Gasteiger partial charge is 0.362 e. The van der Waals surface area contributed by atoms with Gasteiger partial charge in [-0.05, 0) is 20.3 Å². The Morgan fingerprint density at radius 2 is 2.05 bits per heavy atom. The molecule has 4 nitrogen and oxygen atoms in total. The van der Waals surface area contributed by atoms with Crippen LogP contribution in [-0.4, -0.2) is 53.5 Å². The molecule has 0 bridgehead atoms.